The Morgan fingerprint density at radius 3 is 2.43 bits per heavy atom. The van der Waals surface area contributed by atoms with Crippen LogP contribution in [0.2, 0.25) is 0 Å². The minimum atomic E-state index is -0.464. The van der Waals surface area contributed by atoms with E-state index < -0.39 is 5.60 Å². The molecule has 2 rings (SSSR count). The molecular formula is C14H21BrN4O2. The molecule has 0 radical (unpaired) electrons. The topological polar surface area (TPSA) is 71.7 Å². The van der Waals surface area contributed by atoms with Gasteiger partial charge in [0.05, 0.1) is 0 Å². The van der Waals surface area contributed by atoms with E-state index in [1.807, 2.05) is 26.8 Å². The number of hydrogen-bond donors (Lipinski definition) is 1. The van der Waals surface area contributed by atoms with Crippen LogP contribution in [-0.4, -0.2) is 47.8 Å². The molecule has 0 aromatic carbocycles. The van der Waals surface area contributed by atoms with Crippen molar-refractivity contribution in [2.75, 3.05) is 36.8 Å². The van der Waals surface area contributed by atoms with E-state index in [1.165, 1.54) is 0 Å². The van der Waals surface area contributed by atoms with Gasteiger partial charge in [-0.2, -0.15) is 0 Å². The molecule has 0 saturated carbocycles. The number of aromatic nitrogens is 1. The molecule has 1 aromatic rings. The molecule has 1 aliphatic rings. The molecule has 6 nitrogen and oxygen atoms in total. The molecule has 21 heavy (non-hydrogen) atoms. The molecule has 2 heterocycles. The first-order chi connectivity index (χ1) is 9.74. The third-order valence-electron chi connectivity index (χ3n) is 3.05. The second kappa shape index (κ2) is 6.09. The summed E-state index contributed by atoms with van der Waals surface area (Å²) in [6, 6.07) is 3.69. The van der Waals surface area contributed by atoms with E-state index in [2.05, 4.69) is 25.8 Å². The van der Waals surface area contributed by atoms with Gasteiger partial charge in [-0.1, -0.05) is 15.9 Å². The van der Waals surface area contributed by atoms with E-state index in [-0.39, 0.29) is 6.09 Å². The number of hydrogen-bond acceptors (Lipinski definition) is 5. The average Bonchev–Trinajstić information content (AvgIpc) is 2.35. The smallest absolute Gasteiger partial charge is 0.410 e. The Morgan fingerprint density at radius 2 is 1.90 bits per heavy atom. The number of nitrogens with two attached hydrogens (primary N) is 1. The summed E-state index contributed by atoms with van der Waals surface area (Å²) >= 11 is 3.42. The van der Waals surface area contributed by atoms with E-state index in [0.717, 1.165) is 10.3 Å². The van der Waals surface area contributed by atoms with Gasteiger partial charge in [-0.3, -0.25) is 0 Å². The van der Waals surface area contributed by atoms with Crippen molar-refractivity contribution in [3.8, 4) is 0 Å². The highest BCUT2D eigenvalue weighted by molar-refractivity contribution is 9.10. The summed E-state index contributed by atoms with van der Waals surface area (Å²) in [5.41, 5.74) is 5.29. The lowest BCUT2D eigenvalue weighted by Crippen LogP contribution is -2.50. The molecule has 7 heteroatoms. The number of anilines is 2. The van der Waals surface area contributed by atoms with Crippen molar-refractivity contribution in [2.24, 2.45) is 0 Å². The molecule has 1 amide bonds. The third kappa shape index (κ3) is 4.49. The fourth-order valence-electron chi connectivity index (χ4n) is 2.11. The Balaban J connectivity index is 1.95. The Morgan fingerprint density at radius 1 is 1.29 bits per heavy atom. The van der Waals surface area contributed by atoms with Crippen LogP contribution in [0, 0.1) is 0 Å². The van der Waals surface area contributed by atoms with Crippen LogP contribution in [-0.2, 0) is 4.74 Å². The van der Waals surface area contributed by atoms with Crippen LogP contribution in [0.1, 0.15) is 20.8 Å². The summed E-state index contributed by atoms with van der Waals surface area (Å²) in [7, 11) is 0. The van der Waals surface area contributed by atoms with Gasteiger partial charge < -0.3 is 20.3 Å². The number of halogens is 1. The first-order valence-corrected chi connectivity index (χ1v) is 7.70. The van der Waals surface area contributed by atoms with Crippen LogP contribution in [0.15, 0.2) is 16.6 Å². The maximum Gasteiger partial charge on any atom is 0.410 e. The molecule has 2 N–H and O–H groups in total. The summed E-state index contributed by atoms with van der Waals surface area (Å²) in [6.45, 7) is 8.26. The maximum absolute atomic E-state index is 12.0. The molecule has 0 atom stereocenters. The number of carbonyl (C=O) groups is 1. The van der Waals surface area contributed by atoms with E-state index in [0.29, 0.717) is 32.0 Å². The van der Waals surface area contributed by atoms with Crippen molar-refractivity contribution in [1.29, 1.82) is 0 Å². The van der Waals surface area contributed by atoms with Gasteiger partial charge in [0.2, 0.25) is 0 Å². The van der Waals surface area contributed by atoms with Crippen LogP contribution < -0.4 is 10.6 Å². The van der Waals surface area contributed by atoms with Crippen LogP contribution in [0.25, 0.3) is 0 Å². The molecule has 0 bridgehead atoms. The first kappa shape index (κ1) is 15.9. The van der Waals surface area contributed by atoms with Crippen molar-refractivity contribution >= 4 is 33.7 Å². The molecule has 1 aliphatic heterocycles. The molecule has 1 saturated heterocycles. The summed E-state index contributed by atoms with van der Waals surface area (Å²) in [6.07, 6.45) is -0.260. The summed E-state index contributed by atoms with van der Waals surface area (Å²) in [5, 5.41) is 0. The van der Waals surface area contributed by atoms with Crippen LogP contribution in [0.4, 0.5) is 16.4 Å². The van der Waals surface area contributed by atoms with Crippen molar-refractivity contribution in [2.45, 2.75) is 26.4 Å². The number of nitrogen functional groups attached to an aromatic ring is 1. The van der Waals surface area contributed by atoms with Gasteiger partial charge in [-0.25, -0.2) is 9.78 Å². The molecule has 0 aliphatic carbocycles. The maximum atomic E-state index is 12.0. The molecular weight excluding hydrogens is 336 g/mol. The summed E-state index contributed by atoms with van der Waals surface area (Å²) in [5.74, 6) is 1.31. The minimum Gasteiger partial charge on any atom is -0.444 e. The van der Waals surface area contributed by atoms with E-state index >= 15 is 0 Å². The van der Waals surface area contributed by atoms with Gasteiger partial charge in [0.15, 0.2) is 0 Å². The third-order valence-corrected chi connectivity index (χ3v) is 3.51. The van der Waals surface area contributed by atoms with Crippen molar-refractivity contribution in [1.82, 2.24) is 9.88 Å². The number of carbonyl (C=O) groups excluding carboxylic acids is 1. The number of amides is 1. The second-order valence-electron chi connectivity index (χ2n) is 6.02. The van der Waals surface area contributed by atoms with E-state index in [1.54, 1.807) is 11.0 Å². The van der Waals surface area contributed by atoms with Gasteiger partial charge in [-0.05, 0) is 32.9 Å². The van der Waals surface area contributed by atoms with Gasteiger partial charge in [0.1, 0.15) is 17.2 Å². The molecule has 0 spiro atoms. The lowest BCUT2D eigenvalue weighted by Gasteiger charge is -2.36. The van der Waals surface area contributed by atoms with Crippen LogP contribution in [0.3, 0.4) is 0 Å². The first-order valence-electron chi connectivity index (χ1n) is 6.90. The Labute approximate surface area is 133 Å². The number of nitrogens with zero attached hydrogens (tertiary/aromatic N) is 3. The Kier molecular flexibility index (Phi) is 4.61. The zero-order valence-electron chi connectivity index (χ0n) is 12.6. The number of piperazine rings is 1. The van der Waals surface area contributed by atoms with Crippen LogP contribution >= 0.6 is 15.9 Å². The van der Waals surface area contributed by atoms with E-state index in [9.17, 15) is 4.79 Å². The highest BCUT2D eigenvalue weighted by atomic mass is 79.9. The Hall–Kier alpha value is -1.50. The number of pyridine rings is 1. The zero-order chi connectivity index (χ0) is 15.6. The van der Waals surface area contributed by atoms with Crippen molar-refractivity contribution in [3.63, 3.8) is 0 Å². The SMILES string of the molecule is CC(C)(C)OC(=O)N1CCN(c2cc(Br)cc(N)n2)CC1. The molecule has 1 fully saturated rings. The van der Waals surface area contributed by atoms with Gasteiger partial charge in [-0.15, -0.1) is 0 Å². The summed E-state index contributed by atoms with van der Waals surface area (Å²) < 4.78 is 6.28. The quantitative estimate of drug-likeness (QED) is 0.836. The number of ether oxygens (including phenoxy) is 1. The highest BCUT2D eigenvalue weighted by Crippen LogP contribution is 2.22. The van der Waals surface area contributed by atoms with Gasteiger partial charge in [0, 0.05) is 30.7 Å². The predicted molar refractivity (Wildman–Crippen MR) is 86.4 cm³/mol. The average molecular weight is 357 g/mol. The van der Waals surface area contributed by atoms with Crippen LogP contribution in [0.5, 0.6) is 0 Å². The monoisotopic (exact) mass is 356 g/mol. The fraction of sp³-hybridized carbons (Fsp3) is 0.571. The van der Waals surface area contributed by atoms with Gasteiger partial charge in [0.25, 0.3) is 0 Å². The summed E-state index contributed by atoms with van der Waals surface area (Å²) in [4.78, 5) is 20.2. The molecule has 116 valence electrons. The highest BCUT2D eigenvalue weighted by Gasteiger charge is 2.26. The zero-order valence-corrected chi connectivity index (χ0v) is 14.2. The molecule has 1 aromatic heterocycles. The lowest BCUT2D eigenvalue weighted by atomic mass is 10.2. The largest absolute Gasteiger partial charge is 0.444 e. The van der Waals surface area contributed by atoms with Crippen molar-refractivity contribution in [3.05, 3.63) is 16.6 Å². The van der Waals surface area contributed by atoms with E-state index in [4.69, 9.17) is 10.5 Å². The van der Waals surface area contributed by atoms with Crippen molar-refractivity contribution < 1.29 is 9.53 Å². The minimum absolute atomic E-state index is 0.260. The normalized spacial score (nSPS) is 16.0. The number of rotatable bonds is 1. The lowest BCUT2D eigenvalue weighted by molar-refractivity contribution is 0.0240. The molecule has 0 unspecified atom stereocenters. The van der Waals surface area contributed by atoms with Gasteiger partial charge >= 0.3 is 6.09 Å². The second-order valence-corrected chi connectivity index (χ2v) is 6.94. The standard InChI is InChI=1S/C14H21BrN4O2/c1-14(2,3)21-13(20)19-6-4-18(5-7-19)12-9-10(15)8-11(16)17-12/h8-9H,4-7H2,1-3H3,(H2,16,17). The predicted octanol–water partition coefficient (Wildman–Crippen LogP) is 2.48. The fourth-order valence-corrected chi connectivity index (χ4v) is 2.55. The Bertz CT molecular complexity index is 502.